The molecule has 0 unspecified atom stereocenters. The molecule has 1 aliphatic rings. The number of thiazole rings is 1. The third-order valence-corrected chi connectivity index (χ3v) is 3.94. The second-order valence-corrected chi connectivity index (χ2v) is 5.59. The van der Waals surface area contributed by atoms with Crippen LogP contribution in [0.15, 0.2) is 6.20 Å². The first-order valence-corrected chi connectivity index (χ1v) is 7.21. The summed E-state index contributed by atoms with van der Waals surface area (Å²) >= 11 is 1.16. The van der Waals surface area contributed by atoms with Crippen LogP contribution in [0, 0.1) is 0 Å². The highest BCUT2D eigenvalue weighted by atomic mass is 32.1. The molecule has 1 aromatic rings. The number of rotatable bonds is 4. The summed E-state index contributed by atoms with van der Waals surface area (Å²) in [6.07, 6.45) is 3.54. The summed E-state index contributed by atoms with van der Waals surface area (Å²) in [6, 6.07) is 0. The van der Waals surface area contributed by atoms with Crippen molar-refractivity contribution in [3.8, 4) is 0 Å². The summed E-state index contributed by atoms with van der Waals surface area (Å²) < 4.78 is 0. The van der Waals surface area contributed by atoms with Gasteiger partial charge in [-0.25, -0.2) is 4.98 Å². The van der Waals surface area contributed by atoms with E-state index < -0.39 is 0 Å². The van der Waals surface area contributed by atoms with Gasteiger partial charge in [0.05, 0.1) is 6.20 Å². The summed E-state index contributed by atoms with van der Waals surface area (Å²) in [4.78, 5) is 31.8. The number of hydrogen-bond donors (Lipinski definition) is 1. The molecule has 2 N–H and O–H groups in total. The number of hydrogen-bond acceptors (Lipinski definition) is 5. The van der Waals surface area contributed by atoms with Crippen molar-refractivity contribution >= 4 is 28.3 Å². The smallest absolute Gasteiger partial charge is 0.266 e. The molecule has 0 saturated carbocycles. The Morgan fingerprint density at radius 3 is 2.89 bits per heavy atom. The number of amides is 2. The quantitative estimate of drug-likeness (QED) is 0.886. The molecule has 0 aromatic carbocycles. The first kappa shape index (κ1) is 13.8. The number of carbonyl (C=O) groups excluding carboxylic acids is 2. The molecule has 1 saturated heterocycles. The second kappa shape index (κ2) is 6.01. The van der Waals surface area contributed by atoms with Gasteiger partial charge in [-0.3, -0.25) is 9.59 Å². The zero-order valence-electron chi connectivity index (χ0n) is 11.0. The highest BCUT2D eigenvalue weighted by Gasteiger charge is 2.28. The lowest BCUT2D eigenvalue weighted by atomic mass is 10.2. The van der Waals surface area contributed by atoms with Crippen molar-refractivity contribution in [2.75, 3.05) is 31.9 Å². The molecule has 1 aliphatic heterocycles. The zero-order valence-corrected chi connectivity index (χ0v) is 11.8. The lowest BCUT2D eigenvalue weighted by Gasteiger charge is -2.34. The Labute approximate surface area is 116 Å². The van der Waals surface area contributed by atoms with Gasteiger partial charge in [-0.2, -0.15) is 0 Å². The van der Waals surface area contributed by atoms with Gasteiger partial charge < -0.3 is 15.5 Å². The van der Waals surface area contributed by atoms with Crippen LogP contribution < -0.4 is 5.73 Å². The Balaban J connectivity index is 1.94. The summed E-state index contributed by atoms with van der Waals surface area (Å²) in [5.41, 5.74) is 5.51. The highest BCUT2D eigenvalue weighted by Crippen LogP contribution is 2.18. The molecule has 1 aromatic heterocycles. The molecule has 7 heteroatoms. The predicted octanol–water partition coefficient (Wildman–Crippen LogP) is 0.810. The van der Waals surface area contributed by atoms with E-state index in [0.29, 0.717) is 23.1 Å². The predicted molar refractivity (Wildman–Crippen MR) is 73.9 cm³/mol. The molecule has 1 fully saturated rings. The third kappa shape index (κ3) is 3.23. The number of piperazine rings is 1. The van der Waals surface area contributed by atoms with E-state index in [-0.39, 0.29) is 18.4 Å². The molecule has 6 nitrogen and oxygen atoms in total. The third-order valence-electron chi connectivity index (χ3n) is 3.12. The maximum atomic E-state index is 12.1. The van der Waals surface area contributed by atoms with Gasteiger partial charge in [0.15, 0.2) is 5.13 Å². The Morgan fingerprint density at radius 1 is 1.53 bits per heavy atom. The fourth-order valence-corrected chi connectivity index (χ4v) is 2.66. The SMILES string of the molecule is CCCCN1CCN(C(=O)c2cnc(N)s2)CC1=O. The minimum Gasteiger partial charge on any atom is -0.375 e. The first-order valence-electron chi connectivity index (χ1n) is 6.40. The van der Waals surface area contributed by atoms with Crippen molar-refractivity contribution in [1.82, 2.24) is 14.8 Å². The van der Waals surface area contributed by atoms with Crippen molar-refractivity contribution in [3.63, 3.8) is 0 Å². The van der Waals surface area contributed by atoms with Gasteiger partial charge in [0.25, 0.3) is 5.91 Å². The molecule has 0 atom stereocenters. The van der Waals surface area contributed by atoms with E-state index in [1.165, 1.54) is 6.20 Å². The maximum absolute atomic E-state index is 12.1. The van der Waals surface area contributed by atoms with Crippen LogP contribution in [0.4, 0.5) is 5.13 Å². The molecule has 2 heterocycles. The number of unbranched alkanes of at least 4 members (excludes halogenated alkanes) is 1. The number of aromatic nitrogens is 1. The van der Waals surface area contributed by atoms with Crippen LogP contribution in [0.5, 0.6) is 0 Å². The zero-order chi connectivity index (χ0) is 13.8. The van der Waals surface area contributed by atoms with Gasteiger partial charge in [-0.05, 0) is 6.42 Å². The lowest BCUT2D eigenvalue weighted by Crippen LogP contribution is -2.52. The van der Waals surface area contributed by atoms with Crippen molar-refractivity contribution in [1.29, 1.82) is 0 Å². The summed E-state index contributed by atoms with van der Waals surface area (Å²) in [5, 5.41) is 0.372. The maximum Gasteiger partial charge on any atom is 0.266 e. The molecule has 19 heavy (non-hydrogen) atoms. The van der Waals surface area contributed by atoms with Gasteiger partial charge in [0.1, 0.15) is 11.4 Å². The first-order chi connectivity index (χ1) is 9.11. The lowest BCUT2D eigenvalue weighted by molar-refractivity contribution is -0.135. The molecule has 104 valence electrons. The number of anilines is 1. The normalized spacial score (nSPS) is 15.9. The number of nitrogens with two attached hydrogens (primary N) is 1. The van der Waals surface area contributed by atoms with E-state index in [0.717, 1.165) is 30.7 Å². The Morgan fingerprint density at radius 2 is 2.32 bits per heavy atom. The van der Waals surface area contributed by atoms with Gasteiger partial charge >= 0.3 is 0 Å². The van der Waals surface area contributed by atoms with E-state index in [9.17, 15) is 9.59 Å². The molecule has 2 rings (SSSR count). The number of nitrogen functional groups attached to an aromatic ring is 1. The minimum atomic E-state index is -0.155. The van der Waals surface area contributed by atoms with E-state index in [1.807, 2.05) is 4.90 Å². The monoisotopic (exact) mass is 282 g/mol. The van der Waals surface area contributed by atoms with Crippen LogP contribution in [0.1, 0.15) is 29.4 Å². The second-order valence-electron chi connectivity index (χ2n) is 4.52. The minimum absolute atomic E-state index is 0.0190. The number of carbonyl (C=O) groups is 2. The summed E-state index contributed by atoms with van der Waals surface area (Å²) in [7, 11) is 0. The molecule has 0 bridgehead atoms. The van der Waals surface area contributed by atoms with E-state index in [4.69, 9.17) is 5.73 Å². The molecule has 0 radical (unpaired) electrons. The van der Waals surface area contributed by atoms with E-state index in [1.54, 1.807) is 4.90 Å². The van der Waals surface area contributed by atoms with E-state index in [2.05, 4.69) is 11.9 Å². The van der Waals surface area contributed by atoms with Crippen LogP contribution in [-0.2, 0) is 4.79 Å². The molecule has 0 aliphatic carbocycles. The average molecular weight is 282 g/mol. The van der Waals surface area contributed by atoms with Crippen LogP contribution >= 0.6 is 11.3 Å². The van der Waals surface area contributed by atoms with Crippen molar-refractivity contribution < 1.29 is 9.59 Å². The van der Waals surface area contributed by atoms with Crippen molar-refractivity contribution in [2.45, 2.75) is 19.8 Å². The van der Waals surface area contributed by atoms with Gasteiger partial charge in [0, 0.05) is 19.6 Å². The molecule has 2 amide bonds. The van der Waals surface area contributed by atoms with Gasteiger partial charge in [-0.15, -0.1) is 0 Å². The van der Waals surface area contributed by atoms with E-state index >= 15 is 0 Å². The van der Waals surface area contributed by atoms with Crippen LogP contribution in [0.25, 0.3) is 0 Å². The van der Waals surface area contributed by atoms with Gasteiger partial charge in [0.2, 0.25) is 5.91 Å². The van der Waals surface area contributed by atoms with Crippen LogP contribution in [-0.4, -0.2) is 52.8 Å². The van der Waals surface area contributed by atoms with Crippen LogP contribution in [0.2, 0.25) is 0 Å². The van der Waals surface area contributed by atoms with Crippen molar-refractivity contribution in [3.05, 3.63) is 11.1 Å². The van der Waals surface area contributed by atoms with Gasteiger partial charge in [-0.1, -0.05) is 24.7 Å². The molecular formula is C12H18N4O2S. The topological polar surface area (TPSA) is 79.5 Å². The average Bonchev–Trinajstić information content (AvgIpc) is 2.83. The Hall–Kier alpha value is -1.63. The largest absolute Gasteiger partial charge is 0.375 e. The Kier molecular flexibility index (Phi) is 4.36. The Bertz CT molecular complexity index is 474. The highest BCUT2D eigenvalue weighted by molar-refractivity contribution is 7.17. The fourth-order valence-electron chi connectivity index (χ4n) is 2.01. The number of nitrogens with zero attached hydrogens (tertiary/aromatic N) is 3. The fraction of sp³-hybridized carbons (Fsp3) is 0.583. The standard InChI is InChI=1S/C12H18N4O2S/c1-2-3-4-15-5-6-16(8-10(15)17)11(18)9-7-14-12(13)19-9/h7H,2-6,8H2,1H3,(H2,13,14). The molecular weight excluding hydrogens is 264 g/mol. The molecule has 0 spiro atoms. The summed E-state index contributed by atoms with van der Waals surface area (Å²) in [5.74, 6) is -0.136. The van der Waals surface area contributed by atoms with Crippen molar-refractivity contribution in [2.24, 2.45) is 0 Å². The van der Waals surface area contributed by atoms with Crippen LogP contribution in [0.3, 0.4) is 0 Å². The summed E-state index contributed by atoms with van der Waals surface area (Å²) in [6.45, 7) is 4.22.